The number of rotatable bonds is 7. The van der Waals surface area contributed by atoms with Gasteiger partial charge in [0, 0.05) is 17.1 Å². The Morgan fingerprint density at radius 3 is 1.54 bits per heavy atom. The van der Waals surface area contributed by atoms with Crippen molar-refractivity contribution in [1.29, 1.82) is 0 Å². The molecule has 4 aliphatic carbocycles. The molecule has 0 N–H and O–H groups in total. The van der Waals surface area contributed by atoms with Crippen molar-refractivity contribution in [2.24, 2.45) is 0 Å². The third-order valence-electron chi connectivity index (χ3n) is 14.6. The molecule has 13 rings (SSSR count). The first-order valence-corrected chi connectivity index (χ1v) is 23.0. The smallest absolute Gasteiger partial charge is 0.0726 e. The highest BCUT2D eigenvalue weighted by atomic mass is 15.1. The van der Waals surface area contributed by atoms with Crippen LogP contribution in [0.2, 0.25) is 0 Å². The molecule has 0 saturated carbocycles. The van der Waals surface area contributed by atoms with E-state index in [0.717, 1.165) is 29.9 Å². The Morgan fingerprint density at radius 2 is 0.908 bits per heavy atom. The van der Waals surface area contributed by atoms with Gasteiger partial charge in [-0.05, 0) is 144 Å². The van der Waals surface area contributed by atoms with Gasteiger partial charge < -0.3 is 4.90 Å². The van der Waals surface area contributed by atoms with E-state index in [4.69, 9.17) is 0 Å². The van der Waals surface area contributed by atoms with Crippen LogP contribution in [0.25, 0.3) is 40.0 Å². The minimum atomic E-state index is -0.496. The van der Waals surface area contributed by atoms with Gasteiger partial charge in [-0.2, -0.15) is 0 Å². The Hall–Kier alpha value is -8.00. The molecule has 0 bridgehead atoms. The summed E-state index contributed by atoms with van der Waals surface area (Å²) < 4.78 is 0. The molecule has 1 spiro atoms. The second kappa shape index (κ2) is 14.8. The van der Waals surface area contributed by atoms with Gasteiger partial charge in [-0.15, -0.1) is 0 Å². The summed E-state index contributed by atoms with van der Waals surface area (Å²) in [6.45, 7) is 0. The van der Waals surface area contributed by atoms with E-state index < -0.39 is 10.8 Å². The predicted molar refractivity (Wildman–Crippen MR) is 271 cm³/mol. The number of hydrogen-bond donors (Lipinski definition) is 0. The van der Waals surface area contributed by atoms with Crippen molar-refractivity contribution in [2.45, 2.75) is 23.7 Å². The first-order chi connectivity index (χ1) is 32.3. The van der Waals surface area contributed by atoms with Crippen LogP contribution < -0.4 is 4.90 Å². The van der Waals surface area contributed by atoms with Crippen molar-refractivity contribution >= 4 is 34.8 Å². The molecule has 9 aromatic rings. The average molecular weight is 828 g/mol. The van der Waals surface area contributed by atoms with Gasteiger partial charge in [0.15, 0.2) is 0 Å². The normalized spacial score (nSPS) is 15.3. The lowest BCUT2D eigenvalue weighted by atomic mass is 9.66. The molecule has 1 heteroatoms. The molecule has 0 aliphatic heterocycles. The molecule has 0 atom stereocenters. The predicted octanol–water partition coefficient (Wildman–Crippen LogP) is 16.1. The third kappa shape index (κ3) is 5.39. The van der Waals surface area contributed by atoms with Gasteiger partial charge in [0.1, 0.15) is 0 Å². The maximum Gasteiger partial charge on any atom is 0.0726 e. The molecule has 65 heavy (non-hydrogen) atoms. The number of para-hydroxylation sites is 2. The van der Waals surface area contributed by atoms with Crippen molar-refractivity contribution in [3.8, 4) is 22.3 Å². The topological polar surface area (TPSA) is 3.24 Å². The van der Waals surface area contributed by atoms with E-state index in [1.54, 1.807) is 0 Å². The highest BCUT2D eigenvalue weighted by Crippen LogP contribution is 2.64. The van der Waals surface area contributed by atoms with Crippen molar-refractivity contribution < 1.29 is 0 Å². The van der Waals surface area contributed by atoms with Crippen molar-refractivity contribution in [3.05, 3.63) is 298 Å². The van der Waals surface area contributed by atoms with Crippen molar-refractivity contribution in [2.75, 3.05) is 4.90 Å². The summed E-state index contributed by atoms with van der Waals surface area (Å²) in [6.07, 6.45) is 11.6. The van der Waals surface area contributed by atoms with Crippen LogP contribution in [0, 0.1) is 0 Å². The summed E-state index contributed by atoms with van der Waals surface area (Å²) in [4.78, 5) is 2.39. The summed E-state index contributed by atoms with van der Waals surface area (Å²) in [5.74, 6) is 0. The second-order valence-corrected chi connectivity index (χ2v) is 17.8. The number of benzene rings is 9. The van der Waals surface area contributed by atoms with E-state index in [9.17, 15) is 0 Å². The lowest BCUT2D eigenvalue weighted by Gasteiger charge is -2.35. The molecule has 0 heterocycles. The molecule has 0 aromatic heterocycles. The number of hydrogen-bond acceptors (Lipinski definition) is 1. The zero-order valence-corrected chi connectivity index (χ0v) is 36.0. The van der Waals surface area contributed by atoms with Gasteiger partial charge in [0.2, 0.25) is 0 Å². The monoisotopic (exact) mass is 827 g/mol. The standard InChI is InChI=1S/C64H45N/c1-5-21-46(22-6-1)63(47-23-7-2-8-24-47)58-34-18-15-31-55(58)62-45(20-19-35-59(62)63)38-36-44-37-40-53-54-41-39-50(65(48-25-9-3-10-26-48)49-27-11-4-12-28-49)43-61(54)64(60(53)42-44)56-32-16-13-29-51(56)52-30-14-17-33-57(52)64/h1-14,16-30,32-43H,15,31H2/b38-36+. The second-order valence-electron chi connectivity index (χ2n) is 17.8. The van der Waals surface area contributed by atoms with Crippen molar-refractivity contribution in [3.63, 3.8) is 0 Å². The third-order valence-corrected chi connectivity index (χ3v) is 14.6. The lowest BCUT2D eigenvalue weighted by molar-refractivity contribution is 0.756. The van der Waals surface area contributed by atoms with E-state index in [1.807, 2.05) is 0 Å². The van der Waals surface area contributed by atoms with Crippen LogP contribution in [0.15, 0.2) is 242 Å². The average Bonchev–Trinajstić information content (AvgIpc) is 3.97. The first kappa shape index (κ1) is 37.5. The van der Waals surface area contributed by atoms with Crippen LogP contribution in [-0.2, 0) is 10.8 Å². The molecule has 1 nitrogen and oxygen atoms in total. The minimum Gasteiger partial charge on any atom is -0.310 e. The van der Waals surface area contributed by atoms with Gasteiger partial charge in [-0.25, -0.2) is 0 Å². The zero-order valence-electron chi connectivity index (χ0n) is 36.0. The first-order valence-electron chi connectivity index (χ1n) is 23.0. The maximum absolute atomic E-state index is 2.49. The fraction of sp³-hybridized carbons (Fsp3) is 0.0625. The van der Waals surface area contributed by atoms with E-state index in [1.165, 1.54) is 89.0 Å². The molecular formula is C64H45N. The molecule has 0 amide bonds. The number of fused-ring (bicyclic) bond motifs is 12. The summed E-state index contributed by atoms with van der Waals surface area (Å²) in [5.41, 5.74) is 23.8. The Bertz CT molecular complexity index is 3290. The van der Waals surface area contributed by atoms with Gasteiger partial charge in [0.05, 0.1) is 10.8 Å². The van der Waals surface area contributed by atoms with E-state index >= 15 is 0 Å². The van der Waals surface area contributed by atoms with Gasteiger partial charge >= 0.3 is 0 Å². The molecule has 0 unspecified atom stereocenters. The number of allylic oxidation sites excluding steroid dienone is 4. The maximum atomic E-state index is 2.49. The molecule has 9 aromatic carbocycles. The van der Waals surface area contributed by atoms with Crippen LogP contribution >= 0.6 is 0 Å². The molecule has 0 fully saturated rings. The fourth-order valence-corrected chi connectivity index (χ4v) is 12.1. The van der Waals surface area contributed by atoms with Crippen LogP contribution in [-0.4, -0.2) is 0 Å². The van der Waals surface area contributed by atoms with E-state index in [-0.39, 0.29) is 0 Å². The zero-order chi connectivity index (χ0) is 43.0. The van der Waals surface area contributed by atoms with Gasteiger partial charge in [-0.3, -0.25) is 0 Å². The SMILES string of the molecule is C1=CC2=C(CC1)c1c(/C=C/c3ccc4c(c3)C3(c5ccccc5-c5ccccc53)c3cc(N(c5ccccc5)c5ccccc5)ccc3-4)cccc1C2(c1ccccc1)c1ccccc1. The van der Waals surface area contributed by atoms with Gasteiger partial charge in [-0.1, -0.05) is 206 Å². The summed E-state index contributed by atoms with van der Waals surface area (Å²) in [6, 6.07) is 83.4. The Labute approximate surface area is 381 Å². The van der Waals surface area contributed by atoms with Crippen molar-refractivity contribution in [1.82, 2.24) is 0 Å². The highest BCUT2D eigenvalue weighted by Gasteiger charge is 2.52. The minimum absolute atomic E-state index is 0.390. The van der Waals surface area contributed by atoms with E-state index in [2.05, 4.69) is 254 Å². The molecule has 0 radical (unpaired) electrons. The largest absolute Gasteiger partial charge is 0.310 e. The van der Waals surface area contributed by atoms with Crippen LogP contribution in [0.4, 0.5) is 17.1 Å². The van der Waals surface area contributed by atoms with Crippen LogP contribution in [0.5, 0.6) is 0 Å². The molecule has 306 valence electrons. The fourth-order valence-electron chi connectivity index (χ4n) is 12.1. The highest BCUT2D eigenvalue weighted by molar-refractivity contribution is 5.98. The van der Waals surface area contributed by atoms with Crippen LogP contribution in [0.1, 0.15) is 68.5 Å². The van der Waals surface area contributed by atoms with E-state index in [0.29, 0.717) is 0 Å². The summed E-state index contributed by atoms with van der Waals surface area (Å²) in [7, 11) is 0. The molecule has 0 saturated heterocycles. The molecule has 4 aliphatic rings. The lowest BCUT2D eigenvalue weighted by Crippen LogP contribution is -2.29. The Morgan fingerprint density at radius 1 is 0.385 bits per heavy atom. The summed E-state index contributed by atoms with van der Waals surface area (Å²) >= 11 is 0. The molecular weight excluding hydrogens is 783 g/mol. The van der Waals surface area contributed by atoms with Gasteiger partial charge in [0.25, 0.3) is 0 Å². The number of anilines is 3. The Balaban J connectivity index is 0.995. The number of nitrogens with zero attached hydrogens (tertiary/aromatic N) is 1. The quantitative estimate of drug-likeness (QED) is 0.145. The summed E-state index contributed by atoms with van der Waals surface area (Å²) in [5, 5.41) is 0. The Kier molecular flexibility index (Phi) is 8.55. The van der Waals surface area contributed by atoms with Crippen LogP contribution in [0.3, 0.4) is 0 Å².